The van der Waals surface area contributed by atoms with E-state index in [-0.39, 0.29) is 5.91 Å². The van der Waals surface area contributed by atoms with Crippen molar-refractivity contribution in [2.45, 2.75) is 6.10 Å². The summed E-state index contributed by atoms with van der Waals surface area (Å²) in [5.41, 5.74) is 5.21. The van der Waals surface area contributed by atoms with E-state index in [1.807, 2.05) is 0 Å². The van der Waals surface area contributed by atoms with Crippen molar-refractivity contribution >= 4 is 22.1 Å². The van der Waals surface area contributed by atoms with E-state index < -0.39 is 6.10 Å². The van der Waals surface area contributed by atoms with Crippen LogP contribution in [0.4, 0.5) is 0 Å². The Hall–Kier alpha value is -0.390. The van der Waals surface area contributed by atoms with E-state index in [9.17, 15) is 4.79 Å². The monoisotopic (exact) mass is 162 g/mol. The fourth-order valence-electron chi connectivity index (χ4n) is 0.803. The van der Waals surface area contributed by atoms with Crippen LogP contribution in [0.25, 0.3) is 0 Å². The van der Waals surface area contributed by atoms with Crippen molar-refractivity contribution in [1.29, 1.82) is 0 Å². The molecule has 5 heteroatoms. The zero-order chi connectivity index (χ0) is 7.56. The fraction of sp³-hybridized carbons (Fsp3) is 0.600. The molecular formula is C5H10N2O2S. The van der Waals surface area contributed by atoms with Crippen LogP contribution in [-0.4, -0.2) is 34.4 Å². The van der Waals surface area contributed by atoms with Gasteiger partial charge in [0.1, 0.15) is 6.10 Å². The van der Waals surface area contributed by atoms with Gasteiger partial charge in [-0.25, -0.2) is 0 Å². The zero-order valence-corrected chi connectivity index (χ0v) is 6.27. The Kier molecular flexibility index (Phi) is 2.42. The molecule has 1 saturated heterocycles. The minimum atomic E-state index is -0.627. The average molecular weight is 162 g/mol. The van der Waals surface area contributed by atoms with Gasteiger partial charge in [0.15, 0.2) is 0 Å². The van der Waals surface area contributed by atoms with Crippen LogP contribution in [0.1, 0.15) is 0 Å². The lowest BCUT2D eigenvalue weighted by atomic mass is 10.3. The van der Waals surface area contributed by atoms with Crippen LogP contribution < -0.4 is 11.1 Å². The van der Waals surface area contributed by atoms with Gasteiger partial charge in [-0.3, -0.25) is 4.79 Å². The van der Waals surface area contributed by atoms with Gasteiger partial charge in [-0.1, -0.05) is 0 Å². The molecule has 0 aromatic heterocycles. The minimum absolute atomic E-state index is 0.167. The highest BCUT2D eigenvalue weighted by atomic mass is 32.1. The largest absolute Gasteiger partial charge is 0.386 e. The van der Waals surface area contributed by atoms with E-state index in [0.717, 1.165) is 11.4 Å². The topological polar surface area (TPSA) is 75.4 Å². The number of aliphatic hydroxyl groups excluding tert-OH is 1. The number of thiol groups is 1. The summed E-state index contributed by atoms with van der Waals surface area (Å²) >= 11 is 0.725. The summed E-state index contributed by atoms with van der Waals surface area (Å²) in [6.07, 6.45) is -0.627. The molecule has 58 valence electrons. The van der Waals surface area contributed by atoms with Crippen LogP contribution in [0.5, 0.6) is 0 Å². The van der Waals surface area contributed by atoms with Crippen LogP contribution >= 0.6 is 11.4 Å². The highest BCUT2D eigenvalue weighted by Gasteiger charge is 2.25. The molecule has 0 spiro atoms. The maximum Gasteiger partial charge on any atom is 0.255 e. The maximum atomic E-state index is 10.8. The van der Waals surface area contributed by atoms with Crippen molar-refractivity contribution in [2.75, 3.05) is 12.4 Å². The first-order chi connectivity index (χ1) is 4.75. The Balaban J connectivity index is 2.72. The first-order valence-electron chi connectivity index (χ1n) is 2.96. The number of amides is 1. The van der Waals surface area contributed by atoms with Gasteiger partial charge in [0.2, 0.25) is 0 Å². The van der Waals surface area contributed by atoms with Crippen LogP contribution in [0.2, 0.25) is 0 Å². The SMILES string of the molecule is NC/[SH]=C1\C(=O)NC[C@H]1O. The molecule has 0 radical (unpaired) electrons. The second kappa shape index (κ2) is 3.14. The van der Waals surface area contributed by atoms with Crippen molar-refractivity contribution in [3.63, 3.8) is 0 Å². The standard InChI is InChI=1S/C5H10N2O2S/c6-2-10-4-3(8)1-7-5(4)9/h3,8,10H,1-2,6H2,(H,7,9)/t3-/m1/s1. The third-order valence-corrected chi connectivity index (χ3v) is 2.29. The van der Waals surface area contributed by atoms with Gasteiger partial charge in [-0.05, 0) is 0 Å². The molecule has 4 N–H and O–H groups in total. The first kappa shape index (κ1) is 7.71. The molecule has 0 aromatic carbocycles. The third kappa shape index (κ3) is 1.36. The molecule has 1 fully saturated rings. The van der Waals surface area contributed by atoms with Crippen molar-refractivity contribution in [3.8, 4) is 0 Å². The predicted octanol–water partition coefficient (Wildman–Crippen LogP) is -1.97. The van der Waals surface area contributed by atoms with E-state index in [4.69, 9.17) is 10.8 Å². The third-order valence-electron chi connectivity index (χ3n) is 1.27. The number of carbonyl (C=O) groups is 1. The minimum Gasteiger partial charge on any atom is -0.386 e. The summed E-state index contributed by atoms with van der Waals surface area (Å²) in [6, 6.07) is 0. The lowest BCUT2D eigenvalue weighted by Crippen LogP contribution is -2.20. The number of hydrogen-bond acceptors (Lipinski definition) is 3. The molecule has 0 bridgehead atoms. The highest BCUT2D eigenvalue weighted by Crippen LogP contribution is 2.01. The number of nitrogens with one attached hydrogen (secondary N) is 1. The van der Waals surface area contributed by atoms with E-state index in [0.29, 0.717) is 17.3 Å². The molecule has 0 aromatic rings. The molecule has 1 atom stereocenters. The summed E-state index contributed by atoms with van der Waals surface area (Å²) in [5, 5.41) is 11.6. The summed E-state index contributed by atoms with van der Waals surface area (Å²) in [5.74, 6) is 0.222. The zero-order valence-electron chi connectivity index (χ0n) is 5.37. The van der Waals surface area contributed by atoms with E-state index in [2.05, 4.69) is 5.32 Å². The maximum absolute atomic E-state index is 10.8. The van der Waals surface area contributed by atoms with Gasteiger partial charge in [0, 0.05) is 12.4 Å². The highest BCUT2D eigenvalue weighted by molar-refractivity contribution is 8.00. The van der Waals surface area contributed by atoms with E-state index in [1.165, 1.54) is 0 Å². The van der Waals surface area contributed by atoms with Crippen molar-refractivity contribution in [3.05, 3.63) is 0 Å². The molecule has 1 heterocycles. The summed E-state index contributed by atoms with van der Waals surface area (Å²) in [6.45, 7) is 0.334. The summed E-state index contributed by atoms with van der Waals surface area (Å²) < 4.78 is 0. The summed E-state index contributed by atoms with van der Waals surface area (Å²) in [4.78, 5) is 11.3. The number of hydrogen-bond donors (Lipinski definition) is 4. The number of β-amino-alcohol motifs (C(OH)–C–C–N with tert-alkyl or cyclic N) is 1. The van der Waals surface area contributed by atoms with Gasteiger partial charge < -0.3 is 16.2 Å². The number of rotatable bonds is 1. The average Bonchev–Trinajstić information content (AvgIpc) is 2.20. The lowest BCUT2D eigenvalue weighted by molar-refractivity contribution is -0.113. The van der Waals surface area contributed by atoms with Gasteiger partial charge >= 0.3 is 0 Å². The number of nitrogens with two attached hydrogens (primary N) is 1. The second-order valence-electron chi connectivity index (χ2n) is 1.95. The molecular weight excluding hydrogens is 152 g/mol. The van der Waals surface area contributed by atoms with Crippen LogP contribution in [0.15, 0.2) is 0 Å². The molecule has 1 rings (SSSR count). The Morgan fingerprint density at radius 2 is 2.60 bits per heavy atom. The molecule has 1 amide bonds. The first-order valence-corrected chi connectivity index (χ1v) is 4.04. The Morgan fingerprint density at radius 3 is 3.00 bits per heavy atom. The molecule has 4 nitrogen and oxygen atoms in total. The normalized spacial score (nSPS) is 30.0. The Bertz CT molecular complexity index is 180. The van der Waals surface area contributed by atoms with Crippen LogP contribution in [0.3, 0.4) is 0 Å². The van der Waals surface area contributed by atoms with Gasteiger partial charge in [-0.15, -0.1) is 0 Å². The predicted molar refractivity (Wildman–Crippen MR) is 42.1 cm³/mol. The van der Waals surface area contributed by atoms with Gasteiger partial charge in [0.25, 0.3) is 5.91 Å². The van der Waals surface area contributed by atoms with E-state index in [1.54, 1.807) is 0 Å². The lowest BCUT2D eigenvalue weighted by Gasteiger charge is -1.97. The molecule has 0 saturated carbocycles. The van der Waals surface area contributed by atoms with Gasteiger partial charge in [-0.2, -0.15) is 11.4 Å². The molecule has 1 aliphatic rings. The Labute approximate surface area is 62.4 Å². The number of aliphatic hydroxyl groups is 1. The smallest absolute Gasteiger partial charge is 0.255 e. The van der Waals surface area contributed by atoms with Crippen molar-refractivity contribution in [1.82, 2.24) is 5.32 Å². The Morgan fingerprint density at radius 1 is 1.90 bits per heavy atom. The quantitative estimate of drug-likeness (QED) is 0.267. The van der Waals surface area contributed by atoms with Crippen LogP contribution in [-0.2, 0) is 4.79 Å². The molecule has 10 heavy (non-hydrogen) atoms. The molecule has 0 unspecified atom stereocenters. The van der Waals surface area contributed by atoms with E-state index >= 15 is 0 Å². The number of carbonyl (C=O) groups excluding carboxylic acids is 1. The van der Waals surface area contributed by atoms with Crippen molar-refractivity contribution in [2.24, 2.45) is 5.73 Å². The molecule has 1 aliphatic heterocycles. The molecule has 0 aliphatic carbocycles. The second-order valence-corrected chi connectivity index (χ2v) is 3.11. The summed E-state index contributed by atoms with van der Waals surface area (Å²) in [7, 11) is 0. The van der Waals surface area contributed by atoms with Gasteiger partial charge in [0.05, 0.1) is 4.86 Å². The fourth-order valence-corrected chi connectivity index (χ4v) is 1.52. The van der Waals surface area contributed by atoms with Crippen molar-refractivity contribution < 1.29 is 9.90 Å². The van der Waals surface area contributed by atoms with Crippen LogP contribution in [0, 0.1) is 0 Å².